The van der Waals surface area contributed by atoms with E-state index in [1.807, 2.05) is 0 Å². The fourth-order valence-corrected chi connectivity index (χ4v) is 0.396. The average molecular weight is 98.1 g/mol. The Morgan fingerprint density at radius 3 is 2.29 bits per heavy atom. The van der Waals surface area contributed by atoms with Crippen LogP contribution in [0.15, 0.2) is 9.98 Å². The summed E-state index contributed by atoms with van der Waals surface area (Å²) in [7, 11) is 0. The summed E-state index contributed by atoms with van der Waals surface area (Å²) in [5.74, 6) is 0. The van der Waals surface area contributed by atoms with Crippen LogP contribution in [0.5, 0.6) is 0 Å². The summed E-state index contributed by atoms with van der Waals surface area (Å²) < 4.78 is 0. The normalized spacial score (nSPS) is 20.7. The van der Waals surface area contributed by atoms with Crippen LogP contribution in [0.2, 0.25) is 0 Å². The molecule has 0 fully saturated rings. The van der Waals surface area contributed by atoms with Gasteiger partial charge in [-0.1, -0.05) is 0 Å². The van der Waals surface area contributed by atoms with E-state index in [0.717, 1.165) is 0 Å². The highest BCUT2D eigenvalue weighted by molar-refractivity contribution is 5.87. The number of aliphatic hydroxyl groups is 1. The lowest BCUT2D eigenvalue weighted by Gasteiger charge is -1.98. The molecule has 7 heavy (non-hydrogen) atoms. The Hall–Kier alpha value is -0.700. The van der Waals surface area contributed by atoms with Gasteiger partial charge in [0.2, 0.25) is 0 Å². The molecule has 1 rings (SSSR count). The second-order valence-corrected chi connectivity index (χ2v) is 1.30. The van der Waals surface area contributed by atoms with Crippen LogP contribution in [-0.2, 0) is 0 Å². The summed E-state index contributed by atoms with van der Waals surface area (Å²) in [6.45, 7) is 0.469. The van der Waals surface area contributed by atoms with Crippen molar-refractivity contribution < 1.29 is 5.11 Å². The van der Waals surface area contributed by atoms with E-state index in [-0.39, 0.29) is 0 Å². The van der Waals surface area contributed by atoms with Crippen molar-refractivity contribution in [3.63, 3.8) is 0 Å². The highest BCUT2D eigenvalue weighted by Gasteiger charge is 1.94. The zero-order valence-corrected chi connectivity index (χ0v) is 3.78. The van der Waals surface area contributed by atoms with E-state index in [0.29, 0.717) is 6.67 Å². The highest BCUT2D eigenvalue weighted by atomic mass is 16.3. The number of hydrogen-bond donors (Lipinski definition) is 1. The fraction of sp³-hybridized carbons (Fsp3) is 0.500. The zero-order valence-electron chi connectivity index (χ0n) is 3.78. The van der Waals surface area contributed by atoms with E-state index < -0.39 is 6.10 Å². The highest BCUT2D eigenvalue weighted by Crippen LogP contribution is 1.81. The molecule has 0 atom stereocenters. The molecule has 1 N–H and O–H groups in total. The Kier molecular flexibility index (Phi) is 1.17. The van der Waals surface area contributed by atoms with E-state index in [2.05, 4.69) is 9.98 Å². The average Bonchev–Trinajstić information content (AvgIpc) is 1.69. The van der Waals surface area contributed by atoms with Gasteiger partial charge in [-0.2, -0.15) is 0 Å². The number of rotatable bonds is 0. The topological polar surface area (TPSA) is 45.0 Å². The molecule has 0 aliphatic carbocycles. The van der Waals surface area contributed by atoms with Crippen LogP contribution in [0.4, 0.5) is 0 Å². The molecular formula is C4H6N2O. The molecule has 0 amide bonds. The number of hydrogen-bond acceptors (Lipinski definition) is 3. The van der Waals surface area contributed by atoms with Crippen molar-refractivity contribution in [2.45, 2.75) is 6.10 Å². The molecule has 0 bridgehead atoms. The summed E-state index contributed by atoms with van der Waals surface area (Å²) in [6, 6.07) is 0. The summed E-state index contributed by atoms with van der Waals surface area (Å²) in [6.07, 6.45) is 2.38. The maximum absolute atomic E-state index is 8.61. The molecule has 0 radical (unpaired) electrons. The maximum Gasteiger partial charge on any atom is 0.128 e. The standard InChI is InChI=1S/C4H6N2O/c7-4-1-5-3-6-2-4/h1-2,4,7H,3H2. The van der Waals surface area contributed by atoms with Gasteiger partial charge in [-0.15, -0.1) is 0 Å². The Bertz CT molecular complexity index is 96.3. The van der Waals surface area contributed by atoms with Gasteiger partial charge >= 0.3 is 0 Å². The molecule has 0 saturated carbocycles. The second-order valence-electron chi connectivity index (χ2n) is 1.30. The van der Waals surface area contributed by atoms with Crippen LogP contribution in [-0.4, -0.2) is 30.3 Å². The first-order valence-electron chi connectivity index (χ1n) is 2.07. The van der Waals surface area contributed by atoms with Crippen LogP contribution in [0.25, 0.3) is 0 Å². The van der Waals surface area contributed by atoms with Gasteiger partial charge in [-0.25, -0.2) is 0 Å². The molecule has 0 saturated heterocycles. The molecule has 0 unspecified atom stereocenters. The van der Waals surface area contributed by atoms with Gasteiger partial charge in [0.05, 0.1) is 0 Å². The van der Waals surface area contributed by atoms with Gasteiger partial charge in [-0.3, -0.25) is 9.98 Å². The smallest absolute Gasteiger partial charge is 0.128 e. The molecule has 1 aliphatic rings. The van der Waals surface area contributed by atoms with E-state index >= 15 is 0 Å². The summed E-state index contributed by atoms with van der Waals surface area (Å²) >= 11 is 0. The third-order valence-corrected chi connectivity index (χ3v) is 0.680. The summed E-state index contributed by atoms with van der Waals surface area (Å²) in [5.41, 5.74) is 0. The van der Waals surface area contributed by atoms with Gasteiger partial charge in [0, 0.05) is 12.4 Å². The molecule has 0 aromatic rings. The molecule has 0 aromatic carbocycles. The number of aliphatic imine (C=N–C) groups is 2. The number of nitrogens with zero attached hydrogens (tertiary/aromatic N) is 2. The molecule has 1 heterocycles. The van der Waals surface area contributed by atoms with E-state index in [1.165, 1.54) is 12.4 Å². The first kappa shape index (κ1) is 4.46. The minimum absolute atomic E-state index is 0.469. The van der Waals surface area contributed by atoms with Gasteiger partial charge < -0.3 is 5.11 Å². The lowest BCUT2D eigenvalue weighted by Crippen LogP contribution is -2.12. The fourth-order valence-electron chi connectivity index (χ4n) is 0.396. The third-order valence-electron chi connectivity index (χ3n) is 0.680. The maximum atomic E-state index is 8.61. The molecule has 3 heteroatoms. The van der Waals surface area contributed by atoms with E-state index in [9.17, 15) is 0 Å². The van der Waals surface area contributed by atoms with Crippen LogP contribution >= 0.6 is 0 Å². The Balaban J connectivity index is 2.49. The van der Waals surface area contributed by atoms with E-state index in [1.54, 1.807) is 0 Å². The summed E-state index contributed by atoms with van der Waals surface area (Å²) in [5, 5.41) is 8.61. The molecular weight excluding hydrogens is 92.1 g/mol. The molecule has 1 aliphatic heterocycles. The van der Waals surface area contributed by atoms with Gasteiger partial charge in [0.25, 0.3) is 0 Å². The largest absolute Gasteiger partial charge is 0.382 e. The minimum atomic E-state index is -0.547. The van der Waals surface area contributed by atoms with Crippen molar-refractivity contribution in [1.82, 2.24) is 0 Å². The monoisotopic (exact) mass is 98.0 g/mol. The Morgan fingerprint density at radius 2 is 2.00 bits per heavy atom. The minimum Gasteiger partial charge on any atom is -0.382 e. The zero-order chi connectivity index (χ0) is 5.11. The molecule has 3 nitrogen and oxygen atoms in total. The predicted octanol–water partition coefficient (Wildman–Crippen LogP) is -0.540. The predicted molar refractivity (Wildman–Crippen MR) is 27.9 cm³/mol. The Labute approximate surface area is 41.4 Å². The van der Waals surface area contributed by atoms with Crippen LogP contribution in [0.1, 0.15) is 0 Å². The van der Waals surface area contributed by atoms with Gasteiger partial charge in [0.1, 0.15) is 12.8 Å². The number of aliphatic hydroxyl groups excluding tert-OH is 1. The van der Waals surface area contributed by atoms with Gasteiger partial charge in [-0.05, 0) is 0 Å². The van der Waals surface area contributed by atoms with Crippen molar-refractivity contribution in [1.29, 1.82) is 0 Å². The molecule has 0 spiro atoms. The molecule has 38 valence electrons. The van der Waals surface area contributed by atoms with Gasteiger partial charge in [0.15, 0.2) is 0 Å². The Morgan fingerprint density at radius 1 is 1.43 bits per heavy atom. The lowest BCUT2D eigenvalue weighted by molar-refractivity contribution is 0.313. The van der Waals surface area contributed by atoms with Crippen molar-refractivity contribution in [3.05, 3.63) is 0 Å². The van der Waals surface area contributed by atoms with Crippen molar-refractivity contribution >= 4 is 12.4 Å². The third kappa shape index (κ3) is 1.08. The molecule has 0 aromatic heterocycles. The van der Waals surface area contributed by atoms with Crippen LogP contribution in [0, 0.1) is 0 Å². The first-order valence-corrected chi connectivity index (χ1v) is 2.07. The quantitative estimate of drug-likeness (QED) is 0.434. The first-order chi connectivity index (χ1) is 3.39. The van der Waals surface area contributed by atoms with Crippen LogP contribution < -0.4 is 0 Å². The van der Waals surface area contributed by atoms with Crippen molar-refractivity contribution in [2.75, 3.05) is 6.67 Å². The summed E-state index contributed by atoms with van der Waals surface area (Å²) in [4.78, 5) is 7.37. The van der Waals surface area contributed by atoms with Crippen molar-refractivity contribution in [2.24, 2.45) is 9.98 Å². The van der Waals surface area contributed by atoms with Crippen molar-refractivity contribution in [3.8, 4) is 0 Å². The lowest BCUT2D eigenvalue weighted by atomic mass is 10.4. The van der Waals surface area contributed by atoms with Crippen LogP contribution in [0.3, 0.4) is 0 Å². The second kappa shape index (κ2) is 1.84. The van der Waals surface area contributed by atoms with E-state index in [4.69, 9.17) is 5.11 Å². The SMILES string of the molecule is OC1C=NCN=C1.